The van der Waals surface area contributed by atoms with Gasteiger partial charge in [-0.15, -0.1) is 11.3 Å². The molecule has 3 aromatic heterocycles. The summed E-state index contributed by atoms with van der Waals surface area (Å²) in [7, 11) is 0. The van der Waals surface area contributed by atoms with E-state index in [-0.39, 0.29) is 17.5 Å². The molecular weight excluding hydrogens is 517 g/mol. The fourth-order valence-corrected chi connectivity index (χ4v) is 5.80. The smallest absolute Gasteiger partial charge is 0.407 e. The van der Waals surface area contributed by atoms with Crippen molar-refractivity contribution in [1.29, 1.82) is 5.26 Å². The molecule has 0 spiro atoms. The van der Waals surface area contributed by atoms with Crippen molar-refractivity contribution in [2.75, 3.05) is 13.1 Å². The molecule has 4 aromatic rings. The summed E-state index contributed by atoms with van der Waals surface area (Å²) in [5.74, 6) is -0.766. The largest absolute Gasteiger partial charge is 0.444 e. The van der Waals surface area contributed by atoms with Gasteiger partial charge in [0, 0.05) is 53.7 Å². The lowest BCUT2D eigenvalue weighted by atomic mass is 10.0. The van der Waals surface area contributed by atoms with Gasteiger partial charge in [-0.3, -0.25) is 4.79 Å². The van der Waals surface area contributed by atoms with E-state index in [4.69, 9.17) is 10.00 Å². The first-order chi connectivity index (χ1) is 18.6. The first-order valence-electron chi connectivity index (χ1n) is 12.7. The summed E-state index contributed by atoms with van der Waals surface area (Å²) in [6.45, 7) is 6.35. The molecule has 0 aliphatic carbocycles. The van der Waals surface area contributed by atoms with Crippen LogP contribution in [0, 0.1) is 17.1 Å². The van der Waals surface area contributed by atoms with Crippen molar-refractivity contribution < 1.29 is 18.7 Å². The average Bonchev–Trinajstić information content (AvgIpc) is 3.54. The maximum absolute atomic E-state index is 14.6. The molecule has 1 aliphatic rings. The Balaban J connectivity index is 1.46. The number of carbonyl (C=O) groups excluding carboxylic acids is 2. The highest BCUT2D eigenvalue weighted by atomic mass is 32.1. The first-order valence-corrected chi connectivity index (χ1v) is 13.5. The molecule has 5 rings (SSSR count). The number of alkyl carbamates (subject to hydrolysis) is 1. The molecule has 200 valence electrons. The molecule has 0 saturated carbocycles. The summed E-state index contributed by atoms with van der Waals surface area (Å²) < 4.78 is 21.9. The van der Waals surface area contributed by atoms with Crippen LogP contribution in [0.4, 0.5) is 9.18 Å². The molecular formula is C29H28FN5O3S. The first kappa shape index (κ1) is 26.4. The van der Waals surface area contributed by atoms with E-state index in [1.165, 1.54) is 23.5 Å². The van der Waals surface area contributed by atoms with E-state index in [1.54, 1.807) is 44.0 Å². The monoisotopic (exact) mass is 545 g/mol. The fourth-order valence-electron chi connectivity index (χ4n) is 4.66. The van der Waals surface area contributed by atoms with E-state index in [0.717, 1.165) is 28.9 Å². The van der Waals surface area contributed by atoms with Crippen molar-refractivity contribution in [1.82, 2.24) is 19.6 Å². The zero-order chi connectivity index (χ0) is 27.7. The summed E-state index contributed by atoms with van der Waals surface area (Å²) in [5.41, 5.74) is 2.27. The van der Waals surface area contributed by atoms with Crippen molar-refractivity contribution in [2.45, 2.75) is 45.3 Å². The number of likely N-dealkylation sites (tertiary alicyclic amines) is 1. The highest BCUT2D eigenvalue weighted by Crippen LogP contribution is 2.40. The Morgan fingerprint density at radius 3 is 2.74 bits per heavy atom. The lowest BCUT2D eigenvalue weighted by Crippen LogP contribution is -2.50. The van der Waals surface area contributed by atoms with Gasteiger partial charge in [0.2, 0.25) is 0 Å². The average molecular weight is 546 g/mol. The third-order valence-corrected chi connectivity index (χ3v) is 7.60. The third-order valence-electron chi connectivity index (χ3n) is 6.42. The summed E-state index contributed by atoms with van der Waals surface area (Å²) in [6, 6.07) is 11.7. The highest BCUT2D eigenvalue weighted by molar-refractivity contribution is 7.18. The molecule has 10 heteroatoms. The van der Waals surface area contributed by atoms with Crippen LogP contribution < -0.4 is 5.32 Å². The van der Waals surface area contributed by atoms with Crippen molar-refractivity contribution in [2.24, 2.45) is 0 Å². The predicted octanol–water partition coefficient (Wildman–Crippen LogP) is 5.87. The van der Waals surface area contributed by atoms with Crippen molar-refractivity contribution in [3.63, 3.8) is 0 Å². The van der Waals surface area contributed by atoms with Gasteiger partial charge in [-0.2, -0.15) is 5.26 Å². The summed E-state index contributed by atoms with van der Waals surface area (Å²) >= 11 is 1.33. The Morgan fingerprint density at radius 1 is 1.21 bits per heavy atom. The summed E-state index contributed by atoms with van der Waals surface area (Å²) in [6.07, 6.45) is 6.46. The Bertz CT molecular complexity index is 1600. The summed E-state index contributed by atoms with van der Waals surface area (Å²) in [5, 5.41) is 12.0. The third kappa shape index (κ3) is 5.78. The number of nitrogens with one attached hydrogen (secondary N) is 1. The minimum Gasteiger partial charge on any atom is -0.444 e. The van der Waals surface area contributed by atoms with Crippen LogP contribution in [-0.4, -0.2) is 51.0 Å². The SMILES string of the molecule is CC(C)(C)OC(=O)N[C@@H]1CCCN(C(=O)c2cc(-c3ccc(C#N)c(F)c3)c(-c3ccc4nccn4c3)s2)C1. The van der Waals surface area contributed by atoms with E-state index in [0.29, 0.717) is 29.1 Å². The van der Waals surface area contributed by atoms with E-state index in [1.807, 2.05) is 35.0 Å². The zero-order valence-electron chi connectivity index (χ0n) is 21.9. The van der Waals surface area contributed by atoms with Gasteiger partial charge in [-0.1, -0.05) is 6.07 Å². The number of fused-ring (bicyclic) bond motifs is 1. The van der Waals surface area contributed by atoms with E-state index in [2.05, 4.69) is 10.3 Å². The second kappa shape index (κ2) is 10.5. The van der Waals surface area contributed by atoms with Gasteiger partial charge < -0.3 is 19.4 Å². The lowest BCUT2D eigenvalue weighted by molar-refractivity contribution is 0.0453. The number of hydrogen-bond donors (Lipinski definition) is 1. The molecule has 1 saturated heterocycles. The van der Waals surface area contributed by atoms with Gasteiger partial charge in [-0.25, -0.2) is 14.2 Å². The molecule has 1 atom stereocenters. The van der Waals surface area contributed by atoms with E-state index in [9.17, 15) is 14.0 Å². The minimum absolute atomic E-state index is 0.0384. The van der Waals surface area contributed by atoms with Crippen LogP contribution in [0.5, 0.6) is 0 Å². The van der Waals surface area contributed by atoms with Crippen LogP contribution in [0.1, 0.15) is 48.8 Å². The number of piperidine rings is 1. The number of halogens is 1. The van der Waals surface area contributed by atoms with E-state index < -0.39 is 17.5 Å². The molecule has 4 heterocycles. The number of hydrogen-bond acceptors (Lipinski definition) is 6. The number of rotatable bonds is 4. The van der Waals surface area contributed by atoms with Gasteiger partial charge >= 0.3 is 6.09 Å². The van der Waals surface area contributed by atoms with Gasteiger partial charge in [0.25, 0.3) is 5.91 Å². The Kier molecular flexibility index (Phi) is 7.10. The predicted molar refractivity (Wildman–Crippen MR) is 147 cm³/mol. The number of nitriles is 1. The van der Waals surface area contributed by atoms with Crippen LogP contribution in [0.3, 0.4) is 0 Å². The molecule has 1 N–H and O–H groups in total. The maximum atomic E-state index is 14.6. The molecule has 0 bridgehead atoms. The molecule has 8 nitrogen and oxygen atoms in total. The van der Waals surface area contributed by atoms with Crippen molar-refractivity contribution in [3.05, 3.63) is 71.2 Å². The number of aromatic nitrogens is 2. The number of thiophene rings is 1. The van der Waals surface area contributed by atoms with Crippen LogP contribution in [-0.2, 0) is 4.74 Å². The van der Waals surface area contributed by atoms with Crippen molar-refractivity contribution in [3.8, 4) is 27.6 Å². The molecule has 1 aromatic carbocycles. The van der Waals surface area contributed by atoms with Crippen LogP contribution in [0.2, 0.25) is 0 Å². The number of benzene rings is 1. The topological polar surface area (TPSA) is 99.7 Å². The van der Waals surface area contributed by atoms with Gasteiger partial charge in [0.05, 0.1) is 10.4 Å². The Hall–Kier alpha value is -4.23. The van der Waals surface area contributed by atoms with Gasteiger partial charge in [-0.05, 0) is 69.5 Å². The second-order valence-corrected chi connectivity index (χ2v) is 11.6. The van der Waals surface area contributed by atoms with Gasteiger partial charge in [0.1, 0.15) is 23.1 Å². The van der Waals surface area contributed by atoms with Crippen LogP contribution in [0.15, 0.2) is 55.0 Å². The van der Waals surface area contributed by atoms with E-state index >= 15 is 0 Å². The van der Waals surface area contributed by atoms with Crippen LogP contribution >= 0.6 is 11.3 Å². The number of amides is 2. The number of carbonyl (C=O) groups is 2. The lowest BCUT2D eigenvalue weighted by Gasteiger charge is -2.33. The van der Waals surface area contributed by atoms with Crippen LogP contribution in [0.25, 0.3) is 27.2 Å². The zero-order valence-corrected chi connectivity index (χ0v) is 22.7. The quantitative estimate of drug-likeness (QED) is 0.346. The molecule has 1 fully saturated rings. The fraction of sp³-hybridized carbons (Fsp3) is 0.310. The molecule has 39 heavy (non-hydrogen) atoms. The standard InChI is InChI=1S/C29H28FN5O3S/c1-29(2,3)38-28(37)33-21-5-4-11-35(17-21)27(36)24-14-22(18-6-7-19(15-31)23(30)13-18)26(39-24)20-8-9-25-32-10-12-34(25)16-20/h6-10,12-14,16,21H,4-5,11,17H2,1-3H3,(H,33,37)/t21-/m1/s1. The number of pyridine rings is 1. The van der Waals surface area contributed by atoms with Crippen molar-refractivity contribution >= 4 is 29.0 Å². The number of nitrogens with zero attached hydrogens (tertiary/aromatic N) is 4. The van der Waals surface area contributed by atoms with Gasteiger partial charge in [0.15, 0.2) is 0 Å². The highest BCUT2D eigenvalue weighted by Gasteiger charge is 2.29. The Labute approximate surface area is 229 Å². The maximum Gasteiger partial charge on any atom is 0.407 e. The Morgan fingerprint density at radius 2 is 2.00 bits per heavy atom. The number of ether oxygens (including phenoxy) is 1. The molecule has 1 aliphatic heterocycles. The summed E-state index contributed by atoms with van der Waals surface area (Å²) in [4.78, 5) is 33.3. The number of imidazole rings is 1. The molecule has 2 amide bonds. The minimum atomic E-state index is -0.614. The normalized spacial score (nSPS) is 15.7. The molecule has 0 unspecified atom stereocenters. The molecule has 0 radical (unpaired) electrons. The second-order valence-electron chi connectivity index (χ2n) is 10.5.